The zero-order valence-corrected chi connectivity index (χ0v) is 21.8. The van der Waals surface area contributed by atoms with Crippen molar-refractivity contribution in [2.75, 3.05) is 18.6 Å². The lowest BCUT2D eigenvalue weighted by Crippen LogP contribution is -2.30. The van der Waals surface area contributed by atoms with Crippen LogP contribution in [0, 0.1) is 6.92 Å². The number of ketones is 1. The highest BCUT2D eigenvalue weighted by atomic mass is 35.5. The van der Waals surface area contributed by atoms with E-state index in [1.807, 2.05) is 19.1 Å². The predicted molar refractivity (Wildman–Crippen MR) is 141 cm³/mol. The van der Waals surface area contributed by atoms with Gasteiger partial charge in [-0.15, -0.1) is 0 Å². The summed E-state index contributed by atoms with van der Waals surface area (Å²) in [5, 5.41) is 11.8. The van der Waals surface area contributed by atoms with Gasteiger partial charge in [-0.2, -0.15) is 0 Å². The molecule has 0 bridgehead atoms. The number of aryl methyl sites for hydroxylation is 1. The van der Waals surface area contributed by atoms with E-state index in [4.69, 9.17) is 32.7 Å². The summed E-state index contributed by atoms with van der Waals surface area (Å²) in [6, 6.07) is 15.3. The number of esters is 1. The minimum Gasteiger partial charge on any atom is -0.507 e. The average Bonchev–Trinajstić information content (AvgIpc) is 3.13. The van der Waals surface area contributed by atoms with Crippen LogP contribution in [0.15, 0.2) is 66.2 Å². The van der Waals surface area contributed by atoms with E-state index in [0.29, 0.717) is 5.56 Å². The molecule has 9 heteroatoms. The first kappa shape index (κ1) is 26.3. The molecule has 1 amide bonds. The van der Waals surface area contributed by atoms with Gasteiger partial charge in [-0.1, -0.05) is 53.5 Å². The molecule has 0 aliphatic carbocycles. The van der Waals surface area contributed by atoms with E-state index in [2.05, 4.69) is 0 Å². The number of Topliss-reactive ketones (excluding diaryl/α,β-unsaturated/α-hetero) is 1. The van der Waals surface area contributed by atoms with Crippen molar-refractivity contribution in [3.05, 3.63) is 98.5 Å². The van der Waals surface area contributed by atoms with Crippen molar-refractivity contribution in [3.8, 4) is 5.75 Å². The molecule has 3 aromatic carbocycles. The number of hydrogen-bond acceptors (Lipinski definition) is 6. The van der Waals surface area contributed by atoms with Gasteiger partial charge in [0.1, 0.15) is 11.5 Å². The minimum atomic E-state index is -1.01. The van der Waals surface area contributed by atoms with E-state index in [0.717, 1.165) is 5.56 Å². The Hall–Kier alpha value is -3.81. The molecule has 7 nitrogen and oxygen atoms in total. The number of benzene rings is 3. The summed E-state index contributed by atoms with van der Waals surface area (Å²) in [4.78, 5) is 40.6. The third-order valence-electron chi connectivity index (χ3n) is 6.03. The Morgan fingerprint density at radius 1 is 1.05 bits per heavy atom. The highest BCUT2D eigenvalue weighted by Crippen LogP contribution is 2.45. The smallest absolute Gasteiger partial charge is 0.338 e. The van der Waals surface area contributed by atoms with Crippen LogP contribution >= 0.6 is 23.2 Å². The first-order chi connectivity index (χ1) is 17.7. The molecule has 0 aromatic heterocycles. The Morgan fingerprint density at radius 3 is 2.46 bits per heavy atom. The summed E-state index contributed by atoms with van der Waals surface area (Å²) in [7, 11) is 1.37. The first-order valence-corrected chi connectivity index (χ1v) is 12.1. The second-order valence-corrected chi connectivity index (χ2v) is 9.11. The molecule has 1 unspecified atom stereocenters. The van der Waals surface area contributed by atoms with E-state index >= 15 is 0 Å². The second-order valence-electron chi connectivity index (χ2n) is 8.26. The lowest BCUT2D eigenvalue weighted by molar-refractivity contribution is -0.132. The maximum Gasteiger partial charge on any atom is 0.338 e. The van der Waals surface area contributed by atoms with Crippen LogP contribution in [0.25, 0.3) is 5.76 Å². The van der Waals surface area contributed by atoms with E-state index in [-0.39, 0.29) is 44.8 Å². The standard InChI is InChI=1S/C28H23Cl2NO6/c1-4-37-28(35)16-9-7-10-18(12-16)31-23(19-11-6-5-8-15(19)2)22(25(33)27(31)34)24(32)20-13-17(29)14-21(30)26(20)36-3/h5-14,23,32H,4H2,1-3H3/b24-22+. The van der Waals surface area contributed by atoms with Gasteiger partial charge in [-0.25, -0.2) is 4.79 Å². The van der Waals surface area contributed by atoms with E-state index in [1.165, 1.54) is 30.2 Å². The number of carbonyl (C=O) groups excluding carboxylic acids is 3. The van der Waals surface area contributed by atoms with Crippen molar-refractivity contribution < 1.29 is 29.0 Å². The van der Waals surface area contributed by atoms with Gasteiger partial charge in [0.15, 0.2) is 0 Å². The van der Waals surface area contributed by atoms with Crippen molar-refractivity contribution >= 4 is 52.3 Å². The van der Waals surface area contributed by atoms with Crippen LogP contribution in [-0.2, 0) is 14.3 Å². The molecule has 1 atom stereocenters. The second kappa shape index (κ2) is 10.7. The summed E-state index contributed by atoms with van der Waals surface area (Å²) >= 11 is 12.5. The lowest BCUT2D eigenvalue weighted by atomic mass is 9.92. The number of aliphatic hydroxyl groups excluding tert-OH is 1. The van der Waals surface area contributed by atoms with E-state index in [1.54, 1.807) is 37.3 Å². The molecule has 3 aromatic rings. The fourth-order valence-corrected chi connectivity index (χ4v) is 4.94. The number of anilines is 1. The van der Waals surface area contributed by atoms with Crippen LogP contribution in [0.4, 0.5) is 5.69 Å². The van der Waals surface area contributed by atoms with Crippen LogP contribution in [0.2, 0.25) is 10.0 Å². The highest BCUT2D eigenvalue weighted by Gasteiger charge is 2.47. The Kier molecular flexibility index (Phi) is 7.57. The molecular weight excluding hydrogens is 517 g/mol. The molecule has 0 radical (unpaired) electrons. The van der Waals surface area contributed by atoms with Crippen LogP contribution in [0.3, 0.4) is 0 Å². The van der Waals surface area contributed by atoms with Gasteiger partial charge in [0, 0.05) is 10.7 Å². The molecular formula is C28H23Cl2NO6. The summed E-state index contributed by atoms with van der Waals surface area (Å²) in [6.45, 7) is 3.71. The van der Waals surface area contributed by atoms with Gasteiger partial charge in [0.25, 0.3) is 11.7 Å². The number of aliphatic hydroxyl groups is 1. The number of methoxy groups -OCH3 is 1. The normalized spacial score (nSPS) is 16.7. The number of hydrogen-bond donors (Lipinski definition) is 1. The predicted octanol–water partition coefficient (Wildman–Crippen LogP) is 6.11. The number of rotatable bonds is 6. The van der Waals surface area contributed by atoms with Crippen molar-refractivity contribution in [1.82, 2.24) is 0 Å². The Bertz CT molecular complexity index is 1450. The van der Waals surface area contributed by atoms with Gasteiger partial charge >= 0.3 is 5.97 Å². The molecule has 1 aliphatic heterocycles. The molecule has 4 rings (SSSR count). The summed E-state index contributed by atoms with van der Waals surface area (Å²) < 4.78 is 10.5. The van der Waals surface area contributed by atoms with Crippen molar-refractivity contribution in [2.24, 2.45) is 0 Å². The SMILES string of the molecule is CCOC(=O)c1cccc(N2C(=O)C(=O)/C(=C(/O)c3cc(Cl)cc(Cl)c3OC)C2c2ccccc2C)c1. The molecule has 0 spiro atoms. The quantitative estimate of drug-likeness (QED) is 0.176. The number of nitrogens with zero attached hydrogens (tertiary/aromatic N) is 1. The molecule has 1 N–H and O–H groups in total. The Morgan fingerprint density at radius 2 is 1.78 bits per heavy atom. The minimum absolute atomic E-state index is 0.0665. The molecule has 1 saturated heterocycles. The number of halogens is 2. The van der Waals surface area contributed by atoms with Gasteiger partial charge < -0.3 is 14.6 Å². The monoisotopic (exact) mass is 539 g/mol. The Labute approximate surface area is 223 Å². The van der Waals surface area contributed by atoms with E-state index in [9.17, 15) is 19.5 Å². The summed E-state index contributed by atoms with van der Waals surface area (Å²) in [5.74, 6) is -2.74. The molecule has 1 fully saturated rings. The Balaban J connectivity index is 1.99. The zero-order valence-electron chi connectivity index (χ0n) is 20.2. The summed E-state index contributed by atoms with van der Waals surface area (Å²) in [5.41, 5.74) is 1.79. The van der Waals surface area contributed by atoms with Gasteiger partial charge in [0.05, 0.1) is 41.5 Å². The number of carbonyl (C=O) groups is 3. The van der Waals surface area contributed by atoms with E-state index < -0.39 is 29.5 Å². The molecule has 190 valence electrons. The van der Waals surface area contributed by atoms with Crippen LogP contribution in [-0.4, -0.2) is 36.5 Å². The van der Waals surface area contributed by atoms with Crippen LogP contribution in [0.5, 0.6) is 5.75 Å². The maximum atomic E-state index is 13.5. The number of amides is 1. The molecule has 1 heterocycles. The van der Waals surface area contributed by atoms with Gasteiger partial charge in [-0.05, 0) is 55.3 Å². The molecule has 37 heavy (non-hydrogen) atoms. The maximum absolute atomic E-state index is 13.5. The molecule has 0 saturated carbocycles. The highest BCUT2D eigenvalue weighted by molar-refractivity contribution is 6.52. The third kappa shape index (κ3) is 4.80. The summed E-state index contributed by atoms with van der Waals surface area (Å²) in [6.07, 6.45) is 0. The van der Waals surface area contributed by atoms with Crippen molar-refractivity contribution in [2.45, 2.75) is 19.9 Å². The lowest BCUT2D eigenvalue weighted by Gasteiger charge is -2.27. The van der Waals surface area contributed by atoms with Crippen molar-refractivity contribution in [3.63, 3.8) is 0 Å². The number of ether oxygens (including phenoxy) is 2. The van der Waals surface area contributed by atoms with Crippen LogP contribution in [0.1, 0.15) is 40.0 Å². The molecule has 1 aliphatic rings. The van der Waals surface area contributed by atoms with Gasteiger partial charge in [0.2, 0.25) is 0 Å². The van der Waals surface area contributed by atoms with Crippen molar-refractivity contribution in [1.29, 1.82) is 0 Å². The topological polar surface area (TPSA) is 93.1 Å². The fraction of sp³-hybridized carbons (Fsp3) is 0.179. The fourth-order valence-electron chi connectivity index (χ4n) is 4.37. The average molecular weight is 540 g/mol. The first-order valence-electron chi connectivity index (χ1n) is 11.4. The zero-order chi connectivity index (χ0) is 26.9. The third-order valence-corrected chi connectivity index (χ3v) is 6.53. The largest absolute Gasteiger partial charge is 0.507 e. The van der Waals surface area contributed by atoms with Crippen LogP contribution < -0.4 is 9.64 Å². The van der Waals surface area contributed by atoms with Gasteiger partial charge in [-0.3, -0.25) is 14.5 Å².